The van der Waals surface area contributed by atoms with Crippen LogP contribution in [0.1, 0.15) is 16.1 Å². The largest absolute Gasteiger partial charge is 0.506 e. The van der Waals surface area contributed by atoms with E-state index in [0.717, 1.165) is 6.07 Å². The number of hydrogen-bond acceptors (Lipinski definition) is 5. The van der Waals surface area contributed by atoms with Gasteiger partial charge in [-0.3, -0.25) is 19.6 Å². The van der Waals surface area contributed by atoms with E-state index in [1.807, 2.05) is 0 Å². The number of anilines is 1. The van der Waals surface area contributed by atoms with Crippen molar-refractivity contribution in [2.75, 3.05) is 5.32 Å². The minimum Gasteiger partial charge on any atom is -0.506 e. The van der Waals surface area contributed by atoms with E-state index in [-0.39, 0.29) is 17.1 Å². The topological polar surface area (TPSA) is 110 Å². The maximum atomic E-state index is 12.0. The Bertz CT molecular complexity index is 693. The summed E-state index contributed by atoms with van der Waals surface area (Å²) in [5.74, 6) is -0.811. The monoisotopic (exact) mass is 276 g/mol. The van der Waals surface area contributed by atoms with Gasteiger partial charge >= 0.3 is 0 Å². The molecule has 8 heteroatoms. The van der Waals surface area contributed by atoms with E-state index in [1.165, 1.54) is 16.8 Å². The summed E-state index contributed by atoms with van der Waals surface area (Å²) in [6, 6.07) is 3.45. The molecule has 0 aliphatic carbocycles. The number of aryl methyl sites for hydroxylation is 2. The molecule has 1 aromatic carbocycles. The molecule has 0 radical (unpaired) electrons. The van der Waals surface area contributed by atoms with Gasteiger partial charge in [-0.25, -0.2) is 0 Å². The molecule has 0 aliphatic rings. The fourth-order valence-electron chi connectivity index (χ4n) is 1.75. The fourth-order valence-corrected chi connectivity index (χ4v) is 1.75. The smallest absolute Gasteiger partial charge is 0.273 e. The van der Waals surface area contributed by atoms with Gasteiger partial charge in [0.05, 0.1) is 27.9 Å². The molecule has 2 aromatic rings. The number of carbonyl (C=O) groups is 1. The Labute approximate surface area is 113 Å². The van der Waals surface area contributed by atoms with Crippen LogP contribution in [-0.2, 0) is 7.05 Å². The molecule has 0 saturated heterocycles. The van der Waals surface area contributed by atoms with Crippen LogP contribution in [-0.4, -0.2) is 25.7 Å². The highest BCUT2D eigenvalue weighted by Crippen LogP contribution is 2.28. The number of nitrogens with zero attached hydrogens (tertiary/aromatic N) is 3. The first-order valence-corrected chi connectivity index (χ1v) is 5.67. The molecule has 0 atom stereocenters. The summed E-state index contributed by atoms with van der Waals surface area (Å²) in [6.45, 7) is 1.69. The van der Waals surface area contributed by atoms with Crippen molar-refractivity contribution in [2.45, 2.75) is 6.92 Å². The average molecular weight is 276 g/mol. The Morgan fingerprint density at radius 2 is 2.20 bits per heavy atom. The second-order valence-corrected chi connectivity index (χ2v) is 4.21. The molecule has 2 N–H and O–H groups in total. The van der Waals surface area contributed by atoms with Crippen LogP contribution in [0.2, 0.25) is 0 Å². The van der Waals surface area contributed by atoms with Crippen LogP contribution < -0.4 is 5.32 Å². The predicted molar refractivity (Wildman–Crippen MR) is 70.7 cm³/mol. The van der Waals surface area contributed by atoms with Crippen molar-refractivity contribution in [1.29, 1.82) is 0 Å². The lowest BCUT2D eigenvalue weighted by Gasteiger charge is -2.06. The maximum Gasteiger partial charge on any atom is 0.273 e. The number of aromatic nitrogens is 2. The number of rotatable bonds is 3. The van der Waals surface area contributed by atoms with Crippen LogP contribution in [0.15, 0.2) is 24.4 Å². The van der Waals surface area contributed by atoms with E-state index in [9.17, 15) is 20.0 Å². The number of nitro benzene ring substituents is 1. The number of phenols is 1. The molecule has 2 rings (SSSR count). The summed E-state index contributed by atoms with van der Waals surface area (Å²) in [5.41, 5.74) is 0.763. The lowest BCUT2D eigenvalue weighted by Crippen LogP contribution is -2.12. The molecule has 1 aromatic heterocycles. The minimum atomic E-state index is -0.628. The molecule has 0 unspecified atom stereocenters. The molecule has 1 heterocycles. The standard InChI is InChI=1S/C12H12N4O4/c1-7-9(6-15(2)14-7)12(18)13-10-4-3-8(16(19)20)5-11(10)17/h3-6,17H,1-2H3,(H,13,18). The molecule has 20 heavy (non-hydrogen) atoms. The van der Waals surface area contributed by atoms with Gasteiger partial charge < -0.3 is 10.4 Å². The number of nitrogens with one attached hydrogen (secondary N) is 1. The number of nitro groups is 1. The quantitative estimate of drug-likeness (QED) is 0.502. The van der Waals surface area contributed by atoms with E-state index >= 15 is 0 Å². The molecule has 0 fully saturated rings. The summed E-state index contributed by atoms with van der Waals surface area (Å²) in [7, 11) is 1.69. The fraction of sp³-hybridized carbons (Fsp3) is 0.167. The average Bonchev–Trinajstić information content (AvgIpc) is 2.70. The van der Waals surface area contributed by atoms with Gasteiger partial charge in [0.2, 0.25) is 0 Å². The van der Waals surface area contributed by atoms with Crippen molar-refractivity contribution in [3.05, 3.63) is 45.8 Å². The first kappa shape index (κ1) is 13.5. The summed E-state index contributed by atoms with van der Waals surface area (Å²) < 4.78 is 1.50. The number of aromatic hydroxyl groups is 1. The van der Waals surface area contributed by atoms with Gasteiger partial charge in [-0.2, -0.15) is 5.10 Å². The van der Waals surface area contributed by atoms with Crippen LogP contribution >= 0.6 is 0 Å². The Morgan fingerprint density at radius 3 is 2.70 bits per heavy atom. The maximum absolute atomic E-state index is 12.0. The molecular formula is C12H12N4O4. The molecule has 0 bridgehead atoms. The summed E-state index contributed by atoms with van der Waals surface area (Å²) in [5, 5.41) is 26.7. The van der Waals surface area contributed by atoms with Gasteiger partial charge in [0, 0.05) is 19.3 Å². The third-order valence-electron chi connectivity index (χ3n) is 2.70. The lowest BCUT2D eigenvalue weighted by molar-refractivity contribution is -0.384. The van der Waals surface area contributed by atoms with Crippen LogP contribution in [0.5, 0.6) is 5.75 Å². The van der Waals surface area contributed by atoms with Crippen molar-refractivity contribution in [3.8, 4) is 5.75 Å². The number of non-ortho nitro benzene ring substituents is 1. The summed E-state index contributed by atoms with van der Waals surface area (Å²) in [4.78, 5) is 21.9. The van der Waals surface area contributed by atoms with Crippen LogP contribution in [0, 0.1) is 17.0 Å². The molecular weight excluding hydrogens is 264 g/mol. The first-order valence-electron chi connectivity index (χ1n) is 5.67. The van der Waals surface area contributed by atoms with E-state index in [0.29, 0.717) is 11.3 Å². The highest BCUT2D eigenvalue weighted by molar-refractivity contribution is 6.05. The molecule has 0 aliphatic heterocycles. The molecule has 104 valence electrons. The van der Waals surface area contributed by atoms with Crippen molar-refractivity contribution < 1.29 is 14.8 Å². The zero-order valence-corrected chi connectivity index (χ0v) is 10.8. The van der Waals surface area contributed by atoms with Gasteiger partial charge in [0.1, 0.15) is 5.75 Å². The molecule has 8 nitrogen and oxygen atoms in total. The molecule has 0 saturated carbocycles. The summed E-state index contributed by atoms with van der Waals surface area (Å²) >= 11 is 0. The van der Waals surface area contributed by atoms with Gasteiger partial charge in [-0.1, -0.05) is 0 Å². The SMILES string of the molecule is Cc1nn(C)cc1C(=O)Nc1ccc([N+](=O)[O-])cc1O. The number of benzene rings is 1. The normalized spacial score (nSPS) is 10.3. The Balaban J connectivity index is 2.24. The summed E-state index contributed by atoms with van der Waals surface area (Å²) in [6.07, 6.45) is 1.55. The Morgan fingerprint density at radius 1 is 1.50 bits per heavy atom. The van der Waals surface area contributed by atoms with Gasteiger partial charge in [-0.05, 0) is 13.0 Å². The second kappa shape index (κ2) is 5.00. The van der Waals surface area contributed by atoms with Crippen LogP contribution in [0.4, 0.5) is 11.4 Å². The van der Waals surface area contributed by atoms with Gasteiger partial charge in [0.25, 0.3) is 11.6 Å². The van der Waals surface area contributed by atoms with E-state index in [1.54, 1.807) is 20.2 Å². The van der Waals surface area contributed by atoms with Crippen molar-refractivity contribution >= 4 is 17.3 Å². The third-order valence-corrected chi connectivity index (χ3v) is 2.70. The van der Waals surface area contributed by atoms with Crippen molar-refractivity contribution in [3.63, 3.8) is 0 Å². The first-order chi connectivity index (χ1) is 9.38. The number of phenolic OH excluding ortho intramolecular Hbond substituents is 1. The molecule has 1 amide bonds. The second-order valence-electron chi connectivity index (χ2n) is 4.21. The van der Waals surface area contributed by atoms with E-state index in [4.69, 9.17) is 0 Å². The Hall–Kier alpha value is -2.90. The van der Waals surface area contributed by atoms with E-state index in [2.05, 4.69) is 10.4 Å². The highest BCUT2D eigenvalue weighted by atomic mass is 16.6. The van der Waals surface area contributed by atoms with Crippen molar-refractivity contribution in [1.82, 2.24) is 9.78 Å². The van der Waals surface area contributed by atoms with Crippen LogP contribution in [0.3, 0.4) is 0 Å². The third kappa shape index (κ3) is 2.58. The molecule has 0 spiro atoms. The minimum absolute atomic E-state index is 0.101. The lowest BCUT2D eigenvalue weighted by atomic mass is 10.2. The predicted octanol–water partition coefficient (Wildman–Crippen LogP) is 1.59. The highest BCUT2D eigenvalue weighted by Gasteiger charge is 2.16. The number of amides is 1. The van der Waals surface area contributed by atoms with Gasteiger partial charge in [0.15, 0.2) is 0 Å². The van der Waals surface area contributed by atoms with Crippen LogP contribution in [0.25, 0.3) is 0 Å². The van der Waals surface area contributed by atoms with Crippen molar-refractivity contribution in [2.24, 2.45) is 7.05 Å². The van der Waals surface area contributed by atoms with Gasteiger partial charge in [-0.15, -0.1) is 0 Å². The Kier molecular flexibility index (Phi) is 3.38. The number of carbonyl (C=O) groups excluding carboxylic acids is 1. The zero-order valence-electron chi connectivity index (χ0n) is 10.8. The number of hydrogen-bond donors (Lipinski definition) is 2. The zero-order chi connectivity index (χ0) is 14.9. The van der Waals surface area contributed by atoms with E-state index < -0.39 is 10.8 Å².